The highest BCUT2D eigenvalue weighted by Gasteiger charge is 2.23. The summed E-state index contributed by atoms with van der Waals surface area (Å²) in [6.07, 6.45) is 11.9. The second-order valence-corrected chi connectivity index (χ2v) is 9.69. The largest absolute Gasteiger partial charge is 0.478 e. The molecule has 1 unspecified atom stereocenters. The van der Waals surface area contributed by atoms with Gasteiger partial charge in [-0.3, -0.25) is 0 Å². The van der Waals surface area contributed by atoms with E-state index in [1.54, 1.807) is 0 Å². The molecule has 1 atom stereocenters. The summed E-state index contributed by atoms with van der Waals surface area (Å²) in [5, 5.41) is 2.68. The van der Waals surface area contributed by atoms with E-state index in [0.717, 1.165) is 13.0 Å². The monoisotopic (exact) mass is 328 g/mol. The number of hydrogen-bond acceptors (Lipinski definition) is 2. The number of ether oxygens (including phenoxy) is 1. The van der Waals surface area contributed by atoms with Gasteiger partial charge >= 0.3 is 14.5 Å². The molecule has 0 radical (unpaired) electrons. The Balaban J connectivity index is 4.14. The molecule has 0 aliphatic carbocycles. The van der Waals surface area contributed by atoms with Crippen molar-refractivity contribution in [1.29, 1.82) is 0 Å². The third-order valence-corrected chi connectivity index (χ3v) is 6.85. The van der Waals surface area contributed by atoms with Gasteiger partial charge in [0.2, 0.25) is 0 Å². The van der Waals surface area contributed by atoms with Crippen LogP contribution in [0.3, 0.4) is 0 Å². The quantitative estimate of drug-likeness (QED) is 0.181. The molecule has 0 aromatic carbocycles. The lowest BCUT2D eigenvalue weighted by molar-refractivity contribution is -0.0931. The Labute approximate surface area is 145 Å². The summed E-state index contributed by atoms with van der Waals surface area (Å²) in [6, 6.07) is 0. The molecule has 0 saturated carbocycles. The Hall–Kier alpha value is 0.452. The molecule has 0 aliphatic rings. The summed E-state index contributed by atoms with van der Waals surface area (Å²) in [5.41, 5.74) is 0. The lowest BCUT2D eigenvalue weighted by Gasteiger charge is -2.23. The smallest absolute Gasteiger partial charge is 0.462 e. The van der Waals surface area contributed by atoms with Crippen molar-refractivity contribution in [1.82, 2.24) is 0 Å². The maximum Gasteiger partial charge on any atom is 0.462 e. The Morgan fingerprint density at radius 1 is 0.773 bits per heavy atom. The molecule has 0 aromatic rings. The van der Waals surface area contributed by atoms with E-state index in [4.69, 9.17) is 8.53 Å². The average Bonchev–Trinajstić information content (AvgIpc) is 2.51. The Bertz CT molecular complexity index is 209. The lowest BCUT2D eigenvalue weighted by atomic mass is 10.2. The highest BCUT2D eigenvalue weighted by Crippen LogP contribution is 2.17. The lowest BCUT2D eigenvalue weighted by Crippen LogP contribution is -2.28. The van der Waals surface area contributed by atoms with Crippen LogP contribution >= 0.6 is 0 Å². The van der Waals surface area contributed by atoms with Gasteiger partial charge in [-0.25, -0.2) is 0 Å². The highest BCUT2D eigenvalue weighted by molar-refractivity contribution is 6.51. The van der Waals surface area contributed by atoms with E-state index in [0.29, 0.717) is 5.92 Å². The fraction of sp³-hybridized carbons (Fsp3) is 1.00. The second kappa shape index (κ2) is 16.3. The predicted molar refractivity (Wildman–Crippen MR) is 99.6 cm³/mol. The van der Waals surface area contributed by atoms with Crippen LogP contribution in [0.5, 0.6) is 0 Å². The van der Waals surface area contributed by atoms with Crippen molar-refractivity contribution in [3.8, 4) is 0 Å². The molecular weight excluding hydrogens is 287 g/mol. The van der Waals surface area contributed by atoms with E-state index in [-0.39, 0.29) is 6.29 Å². The SMILES string of the molecule is CCCCC[CH2][Al]([CH2]CCCCC)[O]C(CC)OCC(C)C. The van der Waals surface area contributed by atoms with Crippen molar-refractivity contribution in [3.05, 3.63) is 0 Å². The third-order valence-electron chi connectivity index (χ3n) is 4.05. The number of hydrogen-bond donors (Lipinski definition) is 0. The topological polar surface area (TPSA) is 18.5 Å². The summed E-state index contributed by atoms with van der Waals surface area (Å²) in [7, 11) is 0. The van der Waals surface area contributed by atoms with Gasteiger partial charge in [0.15, 0.2) is 0 Å². The van der Waals surface area contributed by atoms with Crippen LogP contribution in [-0.2, 0) is 8.53 Å². The van der Waals surface area contributed by atoms with E-state index >= 15 is 0 Å². The molecule has 0 heterocycles. The van der Waals surface area contributed by atoms with Gasteiger partial charge < -0.3 is 8.53 Å². The van der Waals surface area contributed by atoms with Crippen LogP contribution in [0.15, 0.2) is 0 Å². The molecule has 0 spiro atoms. The summed E-state index contributed by atoms with van der Waals surface area (Å²) in [4.78, 5) is 0. The molecule has 0 bridgehead atoms. The van der Waals surface area contributed by atoms with Gasteiger partial charge in [-0.15, -0.1) is 0 Å². The molecule has 22 heavy (non-hydrogen) atoms. The van der Waals surface area contributed by atoms with Gasteiger partial charge in [0, 0.05) is 0 Å². The van der Waals surface area contributed by atoms with Gasteiger partial charge in [-0.1, -0.05) is 96.6 Å². The van der Waals surface area contributed by atoms with E-state index < -0.39 is 14.5 Å². The summed E-state index contributed by atoms with van der Waals surface area (Å²) < 4.78 is 12.4. The van der Waals surface area contributed by atoms with Crippen LogP contribution < -0.4 is 0 Å². The molecular formula is C19H41AlO2. The van der Waals surface area contributed by atoms with E-state index in [2.05, 4.69) is 34.6 Å². The first-order valence-electron chi connectivity index (χ1n) is 9.90. The van der Waals surface area contributed by atoms with Crippen molar-refractivity contribution < 1.29 is 8.53 Å². The fourth-order valence-electron chi connectivity index (χ4n) is 2.65. The molecule has 0 amide bonds. The van der Waals surface area contributed by atoms with E-state index in [9.17, 15) is 0 Å². The Morgan fingerprint density at radius 2 is 1.32 bits per heavy atom. The first-order valence-corrected chi connectivity index (χ1v) is 12.0. The predicted octanol–water partition coefficient (Wildman–Crippen LogP) is 6.56. The van der Waals surface area contributed by atoms with Crippen LogP contribution in [0.25, 0.3) is 0 Å². The van der Waals surface area contributed by atoms with Crippen molar-refractivity contribution in [2.24, 2.45) is 5.92 Å². The standard InChI is InChI=1S/C7H15O2.2C6H13.Al/c1-4-7(8)9-5-6(2)3;2*1-3-5-6-4-2;/h6-7H,4-5H2,1-3H3;2*1,3-6H2,2H3;/q-1;;;+1. The maximum absolute atomic E-state index is 6.43. The van der Waals surface area contributed by atoms with Crippen LogP contribution in [0.2, 0.25) is 10.6 Å². The summed E-state index contributed by atoms with van der Waals surface area (Å²) in [6.45, 7) is 12.0. The molecule has 0 aliphatic heterocycles. The zero-order valence-corrected chi connectivity index (χ0v) is 17.2. The van der Waals surface area contributed by atoms with Crippen molar-refractivity contribution >= 4 is 14.5 Å². The van der Waals surface area contributed by atoms with E-state index in [1.807, 2.05) is 0 Å². The highest BCUT2D eigenvalue weighted by atomic mass is 27.2. The fourth-order valence-corrected chi connectivity index (χ4v) is 5.39. The van der Waals surface area contributed by atoms with Crippen LogP contribution in [0, 0.1) is 5.92 Å². The second-order valence-electron chi connectivity index (χ2n) is 7.02. The van der Waals surface area contributed by atoms with Gasteiger partial charge in [0.05, 0.1) is 6.61 Å². The van der Waals surface area contributed by atoms with Crippen molar-refractivity contribution in [2.75, 3.05) is 6.61 Å². The molecule has 0 rings (SSSR count). The molecule has 2 nitrogen and oxygen atoms in total. The van der Waals surface area contributed by atoms with Crippen molar-refractivity contribution in [2.45, 2.75) is 109 Å². The van der Waals surface area contributed by atoms with Gasteiger partial charge in [0.25, 0.3) is 0 Å². The summed E-state index contributed by atoms with van der Waals surface area (Å²) >= 11 is -1.08. The van der Waals surface area contributed by atoms with Gasteiger partial charge in [-0.05, 0) is 12.3 Å². The Kier molecular flexibility index (Phi) is 16.7. The molecule has 0 N–H and O–H groups in total. The zero-order chi connectivity index (χ0) is 16.6. The average molecular weight is 329 g/mol. The third kappa shape index (κ3) is 14.1. The van der Waals surface area contributed by atoms with Gasteiger partial charge in [0.1, 0.15) is 6.29 Å². The molecule has 0 saturated heterocycles. The summed E-state index contributed by atoms with van der Waals surface area (Å²) in [5.74, 6) is 0.590. The minimum Gasteiger partial charge on any atom is -0.478 e. The van der Waals surface area contributed by atoms with Crippen LogP contribution in [-0.4, -0.2) is 27.4 Å². The van der Waals surface area contributed by atoms with E-state index in [1.165, 1.54) is 61.9 Å². The first-order chi connectivity index (χ1) is 10.6. The number of unbranched alkanes of at least 4 members (excludes halogenated alkanes) is 6. The molecule has 0 fully saturated rings. The number of rotatable bonds is 16. The maximum atomic E-state index is 6.43. The zero-order valence-electron chi connectivity index (χ0n) is 16.0. The minimum absolute atomic E-state index is 0.0522. The van der Waals surface area contributed by atoms with Crippen LogP contribution in [0.4, 0.5) is 0 Å². The molecule has 132 valence electrons. The van der Waals surface area contributed by atoms with Crippen LogP contribution in [0.1, 0.15) is 92.4 Å². The molecule has 0 aromatic heterocycles. The van der Waals surface area contributed by atoms with Crippen molar-refractivity contribution in [3.63, 3.8) is 0 Å². The minimum atomic E-state index is -1.08. The first kappa shape index (κ1) is 22.5. The molecule has 3 heteroatoms. The van der Waals surface area contributed by atoms with Gasteiger partial charge in [-0.2, -0.15) is 0 Å². The normalized spacial score (nSPS) is 12.8. The Morgan fingerprint density at radius 3 is 1.73 bits per heavy atom.